The van der Waals surface area contributed by atoms with Gasteiger partial charge in [0.05, 0.1) is 18.2 Å². The van der Waals surface area contributed by atoms with Crippen LogP contribution < -0.4 is 0 Å². The van der Waals surface area contributed by atoms with Gasteiger partial charge in [0.15, 0.2) is 0 Å². The molecule has 2 aromatic heterocycles. The largest absolute Gasteiger partial charge is 0.347 e. The zero-order chi connectivity index (χ0) is 15.7. The molecule has 2 aromatic rings. The maximum Gasteiger partial charge on any atom is 0.246 e. The fraction of sp³-hybridized carbons (Fsp3) is 0.533. The highest BCUT2D eigenvalue weighted by molar-refractivity contribution is 5.80. The summed E-state index contributed by atoms with van der Waals surface area (Å²) in [6.45, 7) is 5.23. The summed E-state index contributed by atoms with van der Waals surface area (Å²) < 4.78 is 3.92. The van der Waals surface area contributed by atoms with E-state index in [-0.39, 0.29) is 11.9 Å². The molecule has 0 saturated carbocycles. The average molecular weight is 302 g/mol. The Kier molecular flexibility index (Phi) is 3.98. The number of aryl methyl sites for hydroxylation is 1. The number of nitrogens with zero attached hydrogens (tertiary/aromatic N) is 6. The minimum atomic E-state index is -0.206. The van der Waals surface area contributed by atoms with Gasteiger partial charge in [-0.2, -0.15) is 5.10 Å². The van der Waals surface area contributed by atoms with E-state index in [1.165, 1.54) is 5.56 Å². The molecule has 1 aliphatic heterocycles. The van der Waals surface area contributed by atoms with Crippen LogP contribution >= 0.6 is 0 Å². The molecule has 22 heavy (non-hydrogen) atoms. The number of imidazole rings is 1. The molecule has 118 valence electrons. The van der Waals surface area contributed by atoms with E-state index < -0.39 is 0 Å². The molecule has 0 N–H and O–H groups in total. The highest BCUT2D eigenvalue weighted by atomic mass is 16.2. The van der Waals surface area contributed by atoms with Crippen LogP contribution in [0.2, 0.25) is 0 Å². The summed E-state index contributed by atoms with van der Waals surface area (Å²) in [5.74, 6) is 0.105. The molecule has 7 heteroatoms. The summed E-state index contributed by atoms with van der Waals surface area (Å²) in [6, 6.07) is -0.206. The number of carbonyl (C=O) groups excluding carboxylic acids is 1. The molecule has 3 heterocycles. The smallest absolute Gasteiger partial charge is 0.246 e. The van der Waals surface area contributed by atoms with E-state index in [4.69, 9.17) is 0 Å². The van der Waals surface area contributed by atoms with Crippen LogP contribution in [-0.2, 0) is 24.4 Å². The molecule has 0 aliphatic carbocycles. The van der Waals surface area contributed by atoms with E-state index in [2.05, 4.69) is 28.1 Å². The minimum absolute atomic E-state index is 0.105. The minimum Gasteiger partial charge on any atom is -0.347 e. The number of carbonyl (C=O) groups is 1. The monoisotopic (exact) mass is 302 g/mol. The SMILES string of the molecule is CCn1cc(CN2Cc3cncn3[C@H](C(=O)N(C)C)C2)cn1. The van der Waals surface area contributed by atoms with Gasteiger partial charge in [-0.25, -0.2) is 4.98 Å². The number of amides is 1. The lowest BCUT2D eigenvalue weighted by Gasteiger charge is -2.34. The lowest BCUT2D eigenvalue weighted by Crippen LogP contribution is -2.43. The molecule has 7 nitrogen and oxygen atoms in total. The van der Waals surface area contributed by atoms with Crippen LogP contribution in [0.25, 0.3) is 0 Å². The van der Waals surface area contributed by atoms with Gasteiger partial charge in [-0.1, -0.05) is 0 Å². The van der Waals surface area contributed by atoms with Crippen molar-refractivity contribution in [2.75, 3.05) is 20.6 Å². The van der Waals surface area contributed by atoms with Gasteiger partial charge < -0.3 is 9.47 Å². The second-order valence-electron chi connectivity index (χ2n) is 5.91. The molecule has 0 aromatic carbocycles. The number of hydrogen-bond donors (Lipinski definition) is 0. The highest BCUT2D eigenvalue weighted by Gasteiger charge is 2.31. The molecular formula is C15H22N6O. The summed E-state index contributed by atoms with van der Waals surface area (Å²) in [5.41, 5.74) is 2.25. The molecule has 0 fully saturated rings. The number of likely N-dealkylation sites (N-methyl/N-ethyl adjacent to an activating group) is 1. The van der Waals surface area contributed by atoms with Gasteiger partial charge >= 0.3 is 0 Å². The van der Waals surface area contributed by atoms with Crippen LogP contribution in [0, 0.1) is 0 Å². The van der Waals surface area contributed by atoms with Gasteiger partial charge in [-0.05, 0) is 6.92 Å². The molecule has 0 spiro atoms. The van der Waals surface area contributed by atoms with Crippen LogP contribution in [0.1, 0.15) is 24.2 Å². The molecule has 0 radical (unpaired) electrons. The Hall–Kier alpha value is -2.15. The van der Waals surface area contributed by atoms with E-state index in [9.17, 15) is 4.79 Å². The highest BCUT2D eigenvalue weighted by Crippen LogP contribution is 2.23. The average Bonchev–Trinajstić information content (AvgIpc) is 3.14. The van der Waals surface area contributed by atoms with Crippen LogP contribution in [0.3, 0.4) is 0 Å². The van der Waals surface area contributed by atoms with Crippen molar-refractivity contribution in [2.45, 2.75) is 32.6 Å². The van der Waals surface area contributed by atoms with E-state index in [1.54, 1.807) is 25.3 Å². The third kappa shape index (κ3) is 2.76. The van der Waals surface area contributed by atoms with Crippen molar-refractivity contribution in [3.63, 3.8) is 0 Å². The molecule has 0 unspecified atom stereocenters. The van der Waals surface area contributed by atoms with Crippen LogP contribution in [0.15, 0.2) is 24.9 Å². The van der Waals surface area contributed by atoms with E-state index in [0.29, 0.717) is 6.54 Å². The van der Waals surface area contributed by atoms with Gasteiger partial charge in [0.2, 0.25) is 5.91 Å². The van der Waals surface area contributed by atoms with Crippen molar-refractivity contribution < 1.29 is 4.79 Å². The predicted molar refractivity (Wildman–Crippen MR) is 82.0 cm³/mol. The molecule has 0 bridgehead atoms. The predicted octanol–water partition coefficient (Wildman–Crippen LogP) is 0.745. The van der Waals surface area contributed by atoms with Crippen LogP contribution in [-0.4, -0.2) is 55.7 Å². The summed E-state index contributed by atoms with van der Waals surface area (Å²) >= 11 is 0. The first-order valence-corrected chi connectivity index (χ1v) is 7.54. The van der Waals surface area contributed by atoms with Gasteiger partial charge in [-0.3, -0.25) is 14.4 Å². The summed E-state index contributed by atoms with van der Waals surface area (Å²) in [5, 5.41) is 4.31. The first-order valence-electron chi connectivity index (χ1n) is 7.54. The normalized spacial score (nSPS) is 18.2. The van der Waals surface area contributed by atoms with Gasteiger partial charge in [-0.15, -0.1) is 0 Å². The van der Waals surface area contributed by atoms with Crippen molar-refractivity contribution in [1.82, 2.24) is 29.1 Å². The van der Waals surface area contributed by atoms with Crippen molar-refractivity contribution >= 4 is 5.91 Å². The Labute approximate surface area is 130 Å². The zero-order valence-electron chi connectivity index (χ0n) is 13.3. The summed E-state index contributed by atoms with van der Waals surface area (Å²) in [6.07, 6.45) is 7.57. The fourth-order valence-electron chi connectivity index (χ4n) is 2.90. The first kappa shape index (κ1) is 14.8. The van der Waals surface area contributed by atoms with E-state index >= 15 is 0 Å². The second-order valence-corrected chi connectivity index (χ2v) is 5.91. The molecule has 1 amide bonds. The van der Waals surface area contributed by atoms with Gasteiger partial charge in [0.25, 0.3) is 0 Å². The topological polar surface area (TPSA) is 59.2 Å². The molecule has 3 rings (SSSR count). The third-order valence-corrected chi connectivity index (χ3v) is 4.04. The van der Waals surface area contributed by atoms with Crippen LogP contribution in [0.4, 0.5) is 0 Å². The fourth-order valence-corrected chi connectivity index (χ4v) is 2.90. The standard InChI is InChI=1S/C15H22N6O/c1-4-20-8-12(5-17-20)7-19-9-13-6-16-11-21(13)14(10-19)15(22)18(2)3/h5-6,8,11,14H,4,7,9-10H2,1-3H3/t14-/m0/s1. The summed E-state index contributed by atoms with van der Waals surface area (Å²) in [7, 11) is 3.59. The van der Waals surface area contributed by atoms with Crippen molar-refractivity contribution in [3.05, 3.63) is 36.2 Å². The summed E-state index contributed by atoms with van der Waals surface area (Å²) in [4.78, 5) is 20.6. The number of fused-ring (bicyclic) bond motifs is 1. The maximum absolute atomic E-state index is 12.4. The Morgan fingerprint density at radius 3 is 2.91 bits per heavy atom. The van der Waals surface area contributed by atoms with Crippen molar-refractivity contribution in [3.8, 4) is 0 Å². The van der Waals surface area contributed by atoms with Crippen molar-refractivity contribution in [1.29, 1.82) is 0 Å². The van der Waals surface area contributed by atoms with Crippen molar-refractivity contribution in [2.24, 2.45) is 0 Å². The Bertz CT molecular complexity index is 659. The lowest BCUT2D eigenvalue weighted by molar-refractivity contribution is -0.133. The molecular weight excluding hydrogens is 280 g/mol. The molecule has 0 saturated heterocycles. The third-order valence-electron chi connectivity index (χ3n) is 4.04. The number of hydrogen-bond acceptors (Lipinski definition) is 4. The maximum atomic E-state index is 12.4. The Balaban J connectivity index is 1.79. The molecule has 1 atom stereocenters. The zero-order valence-corrected chi connectivity index (χ0v) is 13.3. The van der Waals surface area contributed by atoms with Crippen LogP contribution in [0.5, 0.6) is 0 Å². The Morgan fingerprint density at radius 2 is 2.23 bits per heavy atom. The van der Waals surface area contributed by atoms with Gasteiger partial charge in [0, 0.05) is 58.2 Å². The number of aromatic nitrogens is 4. The molecule has 1 aliphatic rings. The first-order chi connectivity index (χ1) is 10.6. The van der Waals surface area contributed by atoms with E-state index in [1.807, 2.05) is 21.6 Å². The lowest BCUT2D eigenvalue weighted by atomic mass is 10.1. The van der Waals surface area contributed by atoms with E-state index in [0.717, 1.165) is 25.3 Å². The van der Waals surface area contributed by atoms with Gasteiger partial charge in [0.1, 0.15) is 6.04 Å². The second kappa shape index (κ2) is 5.92. The Morgan fingerprint density at radius 1 is 1.41 bits per heavy atom. The number of rotatable bonds is 4. The quantitative estimate of drug-likeness (QED) is 0.836.